The molecule has 2 N–H and O–H groups in total. The monoisotopic (exact) mass is 308 g/mol. The maximum absolute atomic E-state index is 12.0. The number of carbonyl (C=O) groups is 1. The summed E-state index contributed by atoms with van der Waals surface area (Å²) >= 11 is 0. The quantitative estimate of drug-likeness (QED) is 0.794. The summed E-state index contributed by atoms with van der Waals surface area (Å²) in [7, 11) is -3.57. The number of primary sulfonamides is 1. The van der Waals surface area contributed by atoms with Crippen LogP contribution in [0.2, 0.25) is 0 Å². The molecule has 1 aliphatic heterocycles. The first kappa shape index (κ1) is 15.4. The summed E-state index contributed by atoms with van der Waals surface area (Å²) in [5, 5.41) is 5.02. The summed E-state index contributed by atoms with van der Waals surface area (Å²) in [6, 6.07) is 6.91. The highest BCUT2D eigenvalue weighted by atomic mass is 32.2. The molecule has 112 valence electrons. The number of rotatable bonds is 5. The first-order valence-electron chi connectivity index (χ1n) is 6.36. The Labute approximate surface area is 123 Å². The summed E-state index contributed by atoms with van der Waals surface area (Å²) in [5.74, 6) is 2.41. The van der Waals surface area contributed by atoms with Crippen molar-refractivity contribution >= 4 is 21.6 Å². The van der Waals surface area contributed by atoms with E-state index < -0.39 is 10.0 Å². The van der Waals surface area contributed by atoms with Crippen LogP contribution in [0.1, 0.15) is 6.42 Å². The molecule has 1 amide bonds. The number of sulfonamides is 1. The van der Waals surface area contributed by atoms with Crippen LogP contribution in [0.25, 0.3) is 0 Å². The van der Waals surface area contributed by atoms with Gasteiger partial charge in [-0.05, 0) is 24.3 Å². The Bertz CT molecular complexity index is 661. The molecule has 1 aromatic rings. The predicted octanol–water partition coefficient (Wildman–Crippen LogP) is 0.340. The molecule has 0 aliphatic carbocycles. The fourth-order valence-electron chi connectivity index (χ4n) is 2.32. The molecule has 2 rings (SSSR count). The van der Waals surface area contributed by atoms with E-state index >= 15 is 0 Å². The van der Waals surface area contributed by atoms with Crippen LogP contribution in [0.3, 0.4) is 0 Å². The lowest BCUT2D eigenvalue weighted by molar-refractivity contribution is -0.117. The van der Waals surface area contributed by atoms with Gasteiger partial charge in [-0.25, -0.2) is 13.6 Å². The number of terminal acetylenes is 1. The minimum atomic E-state index is -3.57. The molecule has 0 bridgehead atoms. The number of nitrogens with two attached hydrogens (primary N) is 1. The lowest BCUT2D eigenvalue weighted by Crippen LogP contribution is -2.27. The highest BCUT2D eigenvalue weighted by molar-refractivity contribution is 7.89. The van der Waals surface area contributed by atoms with Crippen LogP contribution in [0.15, 0.2) is 24.3 Å². The Hall–Kier alpha value is -2.04. The first-order valence-corrected chi connectivity index (χ1v) is 8.08. The summed E-state index contributed by atoms with van der Waals surface area (Å²) in [4.78, 5) is 13.5. The van der Waals surface area contributed by atoms with Crippen molar-refractivity contribution < 1.29 is 17.9 Å². The van der Waals surface area contributed by atoms with E-state index in [-0.39, 0.29) is 30.6 Å². The lowest BCUT2D eigenvalue weighted by Gasteiger charge is -2.17. The van der Waals surface area contributed by atoms with Crippen LogP contribution < -0.4 is 14.8 Å². The normalized spacial score (nSPS) is 18.6. The second-order valence-corrected chi connectivity index (χ2v) is 6.55. The topological polar surface area (TPSA) is 89.7 Å². The van der Waals surface area contributed by atoms with Gasteiger partial charge in [0.05, 0.1) is 5.75 Å². The van der Waals surface area contributed by atoms with Crippen LogP contribution in [-0.4, -0.2) is 33.2 Å². The van der Waals surface area contributed by atoms with E-state index in [1.807, 2.05) is 0 Å². The van der Waals surface area contributed by atoms with Gasteiger partial charge in [-0.15, -0.1) is 6.42 Å². The van der Waals surface area contributed by atoms with E-state index in [1.54, 1.807) is 29.2 Å². The van der Waals surface area contributed by atoms with Gasteiger partial charge in [0.1, 0.15) is 12.4 Å². The zero-order valence-electron chi connectivity index (χ0n) is 11.4. The van der Waals surface area contributed by atoms with Crippen molar-refractivity contribution in [2.45, 2.75) is 6.42 Å². The minimum Gasteiger partial charge on any atom is -0.481 e. The summed E-state index contributed by atoms with van der Waals surface area (Å²) in [6.07, 6.45) is 5.29. The van der Waals surface area contributed by atoms with Gasteiger partial charge < -0.3 is 9.64 Å². The smallest absolute Gasteiger partial charge is 0.227 e. The van der Waals surface area contributed by atoms with Gasteiger partial charge >= 0.3 is 0 Å². The van der Waals surface area contributed by atoms with Crippen molar-refractivity contribution in [3.63, 3.8) is 0 Å². The third-order valence-electron chi connectivity index (χ3n) is 3.14. The maximum atomic E-state index is 12.0. The average molecular weight is 308 g/mol. The highest BCUT2D eigenvalue weighted by Gasteiger charge is 2.32. The van der Waals surface area contributed by atoms with Crippen molar-refractivity contribution in [3.8, 4) is 18.1 Å². The SMILES string of the molecule is C#CCOc1ccc(N2CC(CS(N)(=O)=O)CC2=O)cc1. The summed E-state index contributed by atoms with van der Waals surface area (Å²) < 4.78 is 27.4. The molecular formula is C14H16N2O4S. The van der Waals surface area contributed by atoms with Gasteiger partial charge in [-0.3, -0.25) is 4.79 Å². The van der Waals surface area contributed by atoms with Crippen LogP contribution >= 0.6 is 0 Å². The number of amides is 1. The fraction of sp³-hybridized carbons (Fsp3) is 0.357. The highest BCUT2D eigenvalue weighted by Crippen LogP contribution is 2.27. The molecule has 1 atom stereocenters. The van der Waals surface area contributed by atoms with Crippen molar-refractivity contribution in [3.05, 3.63) is 24.3 Å². The second-order valence-electron chi connectivity index (χ2n) is 4.89. The Morgan fingerprint density at radius 2 is 2.05 bits per heavy atom. The first-order chi connectivity index (χ1) is 9.89. The molecule has 1 unspecified atom stereocenters. The summed E-state index contributed by atoms with van der Waals surface area (Å²) in [5.41, 5.74) is 0.699. The average Bonchev–Trinajstić information content (AvgIpc) is 2.75. The number of ether oxygens (including phenoxy) is 1. The number of hydrogen-bond acceptors (Lipinski definition) is 4. The van der Waals surface area contributed by atoms with Crippen LogP contribution in [0.4, 0.5) is 5.69 Å². The summed E-state index contributed by atoms with van der Waals surface area (Å²) in [6.45, 7) is 0.526. The third kappa shape index (κ3) is 4.21. The van der Waals surface area contributed by atoms with Crippen molar-refractivity contribution in [1.29, 1.82) is 0 Å². The standard InChI is InChI=1S/C14H16N2O4S/c1-2-7-20-13-5-3-12(4-6-13)16-9-11(8-14(16)17)10-21(15,18)19/h1,3-6,11H,7-10H2,(H2,15,18,19). The molecule has 1 aromatic carbocycles. The molecule has 0 spiro atoms. The largest absolute Gasteiger partial charge is 0.481 e. The van der Waals surface area contributed by atoms with E-state index in [0.717, 1.165) is 0 Å². The minimum absolute atomic E-state index is 0.110. The van der Waals surface area contributed by atoms with E-state index in [9.17, 15) is 13.2 Å². The molecule has 1 saturated heterocycles. The number of carbonyl (C=O) groups excluding carboxylic acids is 1. The Balaban J connectivity index is 2.05. The zero-order chi connectivity index (χ0) is 15.5. The van der Waals surface area contributed by atoms with E-state index in [1.165, 1.54) is 0 Å². The zero-order valence-corrected chi connectivity index (χ0v) is 12.2. The molecule has 0 radical (unpaired) electrons. The van der Waals surface area contributed by atoms with Crippen LogP contribution in [0, 0.1) is 18.3 Å². The molecule has 7 heteroatoms. The van der Waals surface area contributed by atoms with Gasteiger partial charge in [0.2, 0.25) is 15.9 Å². The number of nitrogens with zero attached hydrogens (tertiary/aromatic N) is 1. The van der Waals surface area contributed by atoms with Gasteiger partial charge in [0, 0.05) is 24.6 Å². The Kier molecular flexibility index (Phi) is 4.50. The van der Waals surface area contributed by atoms with Crippen molar-refractivity contribution in [2.75, 3.05) is 23.8 Å². The molecule has 0 saturated carbocycles. The van der Waals surface area contributed by atoms with Crippen LogP contribution in [0.5, 0.6) is 5.75 Å². The van der Waals surface area contributed by atoms with Crippen LogP contribution in [-0.2, 0) is 14.8 Å². The van der Waals surface area contributed by atoms with Gasteiger partial charge in [-0.2, -0.15) is 0 Å². The van der Waals surface area contributed by atoms with Gasteiger partial charge in [-0.1, -0.05) is 5.92 Å². The lowest BCUT2D eigenvalue weighted by atomic mass is 10.1. The molecular weight excluding hydrogens is 292 g/mol. The van der Waals surface area contributed by atoms with Crippen molar-refractivity contribution in [1.82, 2.24) is 0 Å². The molecule has 0 aromatic heterocycles. The fourth-order valence-corrected chi connectivity index (χ4v) is 3.20. The molecule has 21 heavy (non-hydrogen) atoms. The van der Waals surface area contributed by atoms with E-state index in [4.69, 9.17) is 16.3 Å². The molecule has 1 heterocycles. The third-order valence-corrected chi connectivity index (χ3v) is 4.08. The van der Waals surface area contributed by atoms with Crippen molar-refractivity contribution in [2.24, 2.45) is 11.1 Å². The van der Waals surface area contributed by atoms with E-state index in [0.29, 0.717) is 18.0 Å². The Morgan fingerprint density at radius 3 is 2.62 bits per heavy atom. The van der Waals surface area contributed by atoms with Gasteiger partial charge in [0.15, 0.2) is 0 Å². The predicted molar refractivity (Wildman–Crippen MR) is 79.2 cm³/mol. The maximum Gasteiger partial charge on any atom is 0.227 e. The number of benzene rings is 1. The molecule has 1 fully saturated rings. The molecule has 6 nitrogen and oxygen atoms in total. The Morgan fingerprint density at radius 1 is 1.38 bits per heavy atom. The van der Waals surface area contributed by atoms with E-state index in [2.05, 4.69) is 5.92 Å². The van der Waals surface area contributed by atoms with Gasteiger partial charge in [0.25, 0.3) is 0 Å². The molecule has 1 aliphatic rings. The number of anilines is 1. The second kappa shape index (κ2) is 6.16. The number of hydrogen-bond donors (Lipinski definition) is 1.